The quantitative estimate of drug-likeness (QED) is 0.822. The van der Waals surface area contributed by atoms with Crippen LogP contribution in [0.25, 0.3) is 0 Å². The minimum Gasteiger partial charge on any atom is -0.456 e. The Morgan fingerprint density at radius 3 is 2.44 bits per heavy atom. The van der Waals surface area contributed by atoms with Gasteiger partial charge in [0.15, 0.2) is 0 Å². The number of hydrogen-bond donors (Lipinski definition) is 1. The summed E-state index contributed by atoms with van der Waals surface area (Å²) >= 11 is 6.89. The fraction of sp³-hybridized carbons (Fsp3) is 0.143. The molecule has 0 saturated carbocycles. The Balaban J connectivity index is 2.34. The third-order valence-electron chi connectivity index (χ3n) is 2.52. The Morgan fingerprint density at radius 1 is 1.06 bits per heavy atom. The number of ether oxygens (including phenoxy) is 1. The van der Waals surface area contributed by atoms with Gasteiger partial charge in [0.1, 0.15) is 11.5 Å². The summed E-state index contributed by atoms with van der Waals surface area (Å²) in [6.45, 7) is 1.94. The van der Waals surface area contributed by atoms with Crippen molar-refractivity contribution in [2.75, 3.05) is 0 Å². The van der Waals surface area contributed by atoms with Crippen LogP contribution in [0.4, 0.5) is 0 Å². The molecule has 0 aliphatic carbocycles. The van der Waals surface area contributed by atoms with Crippen LogP contribution in [-0.4, -0.2) is 0 Å². The summed E-state index contributed by atoms with van der Waals surface area (Å²) < 4.78 is 7.81. The zero-order valence-electron chi connectivity index (χ0n) is 9.86. The molecule has 0 radical (unpaired) electrons. The standard InChI is InChI=1S/C14H13Br2NO/c1-9(17)11-4-2-3-5-13(11)18-14-7-6-10(15)8-12(14)16/h2-9H,17H2,1H3. The van der Waals surface area contributed by atoms with Crippen LogP contribution in [-0.2, 0) is 0 Å². The molecule has 18 heavy (non-hydrogen) atoms. The van der Waals surface area contributed by atoms with Gasteiger partial charge in [-0.15, -0.1) is 0 Å². The molecule has 2 rings (SSSR count). The number of hydrogen-bond acceptors (Lipinski definition) is 2. The Bertz CT molecular complexity index is 555. The van der Waals surface area contributed by atoms with E-state index in [-0.39, 0.29) is 6.04 Å². The highest BCUT2D eigenvalue weighted by Crippen LogP contribution is 2.34. The molecular weight excluding hydrogens is 358 g/mol. The summed E-state index contributed by atoms with van der Waals surface area (Å²) in [6.07, 6.45) is 0. The molecule has 0 aliphatic rings. The fourth-order valence-electron chi connectivity index (χ4n) is 1.63. The first-order chi connectivity index (χ1) is 8.58. The molecule has 2 aromatic rings. The van der Waals surface area contributed by atoms with E-state index in [1.165, 1.54) is 0 Å². The average Bonchev–Trinajstić information content (AvgIpc) is 2.33. The molecule has 1 unspecified atom stereocenters. The highest BCUT2D eigenvalue weighted by atomic mass is 79.9. The van der Waals surface area contributed by atoms with Crippen molar-refractivity contribution in [1.29, 1.82) is 0 Å². The van der Waals surface area contributed by atoms with Crippen LogP contribution >= 0.6 is 31.9 Å². The average molecular weight is 371 g/mol. The third-order valence-corrected chi connectivity index (χ3v) is 3.64. The number of rotatable bonds is 3. The smallest absolute Gasteiger partial charge is 0.141 e. The van der Waals surface area contributed by atoms with E-state index in [1.54, 1.807) is 0 Å². The summed E-state index contributed by atoms with van der Waals surface area (Å²) in [5.41, 5.74) is 6.92. The predicted octanol–water partition coefficient (Wildman–Crippen LogP) is 5.02. The number of benzene rings is 2. The van der Waals surface area contributed by atoms with E-state index in [2.05, 4.69) is 31.9 Å². The minimum absolute atomic E-state index is 0.0598. The van der Waals surface area contributed by atoms with Gasteiger partial charge in [-0.05, 0) is 47.1 Å². The monoisotopic (exact) mass is 369 g/mol. The van der Waals surface area contributed by atoms with Crippen LogP contribution in [0.3, 0.4) is 0 Å². The van der Waals surface area contributed by atoms with Gasteiger partial charge in [0.2, 0.25) is 0 Å². The Kier molecular flexibility index (Phi) is 4.43. The lowest BCUT2D eigenvalue weighted by Gasteiger charge is -2.14. The largest absolute Gasteiger partial charge is 0.456 e. The zero-order chi connectivity index (χ0) is 13.1. The molecule has 94 valence electrons. The van der Waals surface area contributed by atoms with Crippen molar-refractivity contribution in [3.63, 3.8) is 0 Å². The third kappa shape index (κ3) is 3.13. The summed E-state index contributed by atoms with van der Waals surface area (Å²) in [7, 11) is 0. The van der Waals surface area contributed by atoms with Crippen molar-refractivity contribution in [2.45, 2.75) is 13.0 Å². The summed E-state index contributed by atoms with van der Waals surface area (Å²) in [5, 5.41) is 0. The molecule has 0 aliphatic heterocycles. The van der Waals surface area contributed by atoms with E-state index in [1.807, 2.05) is 49.4 Å². The number of para-hydroxylation sites is 1. The Hall–Kier alpha value is -0.840. The highest BCUT2D eigenvalue weighted by molar-refractivity contribution is 9.11. The maximum absolute atomic E-state index is 5.93. The molecule has 2 nitrogen and oxygen atoms in total. The van der Waals surface area contributed by atoms with Crippen LogP contribution in [0.2, 0.25) is 0 Å². The fourth-order valence-corrected chi connectivity index (χ4v) is 2.75. The lowest BCUT2D eigenvalue weighted by Crippen LogP contribution is -2.06. The van der Waals surface area contributed by atoms with Gasteiger partial charge in [-0.2, -0.15) is 0 Å². The van der Waals surface area contributed by atoms with Crippen molar-refractivity contribution < 1.29 is 4.74 Å². The second kappa shape index (κ2) is 5.87. The van der Waals surface area contributed by atoms with Crippen LogP contribution in [0.5, 0.6) is 11.5 Å². The van der Waals surface area contributed by atoms with Gasteiger partial charge in [-0.25, -0.2) is 0 Å². The van der Waals surface area contributed by atoms with Gasteiger partial charge in [-0.3, -0.25) is 0 Å². The van der Waals surface area contributed by atoms with Crippen LogP contribution in [0, 0.1) is 0 Å². The molecule has 1 atom stereocenters. The number of nitrogens with two attached hydrogens (primary N) is 1. The van der Waals surface area contributed by atoms with Crippen LogP contribution in [0.15, 0.2) is 51.4 Å². The van der Waals surface area contributed by atoms with Crippen molar-refractivity contribution in [3.8, 4) is 11.5 Å². The van der Waals surface area contributed by atoms with Gasteiger partial charge in [-0.1, -0.05) is 34.1 Å². The van der Waals surface area contributed by atoms with E-state index in [9.17, 15) is 0 Å². The van der Waals surface area contributed by atoms with E-state index in [4.69, 9.17) is 10.5 Å². The maximum Gasteiger partial charge on any atom is 0.141 e. The van der Waals surface area contributed by atoms with Crippen molar-refractivity contribution >= 4 is 31.9 Å². The maximum atomic E-state index is 5.93. The van der Waals surface area contributed by atoms with Crippen molar-refractivity contribution in [1.82, 2.24) is 0 Å². The molecule has 2 aromatic carbocycles. The zero-order valence-corrected chi connectivity index (χ0v) is 13.0. The van der Waals surface area contributed by atoms with Gasteiger partial charge >= 0.3 is 0 Å². The van der Waals surface area contributed by atoms with Crippen LogP contribution in [0.1, 0.15) is 18.5 Å². The topological polar surface area (TPSA) is 35.2 Å². The second-order valence-electron chi connectivity index (χ2n) is 4.00. The summed E-state index contributed by atoms with van der Waals surface area (Å²) in [5.74, 6) is 1.56. The second-order valence-corrected chi connectivity index (χ2v) is 5.77. The molecule has 0 spiro atoms. The summed E-state index contributed by atoms with van der Waals surface area (Å²) in [4.78, 5) is 0. The molecule has 0 aromatic heterocycles. The van der Waals surface area contributed by atoms with Gasteiger partial charge in [0.25, 0.3) is 0 Å². The minimum atomic E-state index is -0.0598. The van der Waals surface area contributed by atoms with Gasteiger partial charge in [0.05, 0.1) is 4.47 Å². The molecule has 4 heteroatoms. The van der Waals surface area contributed by atoms with E-state index in [0.29, 0.717) is 0 Å². The molecule has 0 saturated heterocycles. The van der Waals surface area contributed by atoms with E-state index in [0.717, 1.165) is 26.0 Å². The van der Waals surface area contributed by atoms with Crippen LogP contribution < -0.4 is 10.5 Å². The first-order valence-electron chi connectivity index (χ1n) is 5.55. The molecular formula is C14H13Br2NO. The SMILES string of the molecule is CC(N)c1ccccc1Oc1ccc(Br)cc1Br. The van der Waals surface area contributed by atoms with Crippen molar-refractivity contribution in [3.05, 3.63) is 57.0 Å². The van der Waals surface area contributed by atoms with E-state index < -0.39 is 0 Å². The van der Waals surface area contributed by atoms with Crippen molar-refractivity contribution in [2.24, 2.45) is 5.73 Å². The highest BCUT2D eigenvalue weighted by Gasteiger charge is 2.09. The molecule has 0 bridgehead atoms. The lowest BCUT2D eigenvalue weighted by molar-refractivity contribution is 0.469. The molecule has 0 heterocycles. The van der Waals surface area contributed by atoms with E-state index >= 15 is 0 Å². The van der Waals surface area contributed by atoms with Gasteiger partial charge in [0, 0.05) is 16.1 Å². The Labute approximate surface area is 123 Å². The Morgan fingerprint density at radius 2 is 1.78 bits per heavy atom. The first kappa shape index (κ1) is 13.6. The number of halogens is 2. The normalized spacial score (nSPS) is 12.2. The molecule has 0 fully saturated rings. The summed E-state index contributed by atoms with van der Waals surface area (Å²) in [6, 6.07) is 13.5. The predicted molar refractivity (Wildman–Crippen MR) is 81.0 cm³/mol. The first-order valence-corrected chi connectivity index (χ1v) is 7.14. The lowest BCUT2D eigenvalue weighted by atomic mass is 10.1. The molecule has 2 N–H and O–H groups in total. The molecule has 0 amide bonds. The van der Waals surface area contributed by atoms with Gasteiger partial charge < -0.3 is 10.5 Å².